The number of carbonyl (C=O) groups is 1. The van der Waals surface area contributed by atoms with Gasteiger partial charge in [-0.25, -0.2) is 0 Å². The maximum absolute atomic E-state index is 11.7. The maximum Gasteiger partial charge on any atom is 0.345 e. The van der Waals surface area contributed by atoms with Gasteiger partial charge in [-0.05, 0) is 18.6 Å². The lowest BCUT2D eigenvalue weighted by atomic mass is 10.2. The van der Waals surface area contributed by atoms with Crippen LogP contribution in [0.15, 0.2) is 29.2 Å². The van der Waals surface area contributed by atoms with E-state index in [1.165, 1.54) is 24.3 Å². The molecule has 6 heteroatoms. The van der Waals surface area contributed by atoms with E-state index in [9.17, 15) is 18.3 Å². The van der Waals surface area contributed by atoms with Gasteiger partial charge in [0.25, 0.3) is 0 Å². The fourth-order valence-electron chi connectivity index (χ4n) is 1.40. The number of para-hydroxylation sites is 1. The number of hydrogen-bond donors (Lipinski definition) is 1. The van der Waals surface area contributed by atoms with Crippen LogP contribution >= 0.6 is 0 Å². The van der Waals surface area contributed by atoms with Crippen LogP contribution in [0.1, 0.15) is 32.6 Å². The van der Waals surface area contributed by atoms with Crippen LogP contribution < -0.4 is 0 Å². The summed E-state index contributed by atoms with van der Waals surface area (Å²) < 4.78 is 27.8. The quantitative estimate of drug-likeness (QED) is 0.634. The van der Waals surface area contributed by atoms with Crippen molar-refractivity contribution in [2.24, 2.45) is 0 Å². The Kier molecular flexibility index (Phi) is 5.15. The fraction of sp³-hybridized carbons (Fsp3) is 0.417. The molecule has 0 bridgehead atoms. The first kappa shape index (κ1) is 14.5. The molecule has 1 aromatic carbocycles. The van der Waals surface area contributed by atoms with E-state index in [1.807, 2.05) is 6.92 Å². The molecule has 0 aromatic heterocycles. The van der Waals surface area contributed by atoms with Crippen molar-refractivity contribution in [2.45, 2.75) is 37.5 Å². The predicted octanol–water partition coefficient (Wildman–Crippen LogP) is 2.20. The van der Waals surface area contributed by atoms with Gasteiger partial charge < -0.3 is 9.29 Å². The molecule has 5 nitrogen and oxygen atoms in total. The van der Waals surface area contributed by atoms with Crippen molar-refractivity contribution < 1.29 is 22.5 Å². The zero-order valence-electron chi connectivity index (χ0n) is 10.1. The summed E-state index contributed by atoms with van der Waals surface area (Å²) >= 11 is 0. The molecule has 0 aliphatic heterocycles. The van der Waals surface area contributed by atoms with Crippen molar-refractivity contribution in [1.82, 2.24) is 0 Å². The van der Waals surface area contributed by atoms with Gasteiger partial charge in [-0.2, -0.15) is 8.42 Å². The summed E-state index contributed by atoms with van der Waals surface area (Å²) in [7, 11) is -4.23. The highest BCUT2D eigenvalue weighted by molar-refractivity contribution is 7.87. The minimum absolute atomic E-state index is 0.0562. The minimum atomic E-state index is -4.23. The molecule has 0 aliphatic carbocycles. The molecule has 0 unspecified atom stereocenters. The van der Waals surface area contributed by atoms with Crippen LogP contribution in [0.4, 0.5) is 0 Å². The summed E-state index contributed by atoms with van der Waals surface area (Å²) in [4.78, 5) is 10.9. The number of phenolic OH excluding ortho intramolecular Hbond substituents is 1. The average Bonchev–Trinajstić information content (AvgIpc) is 2.29. The van der Waals surface area contributed by atoms with Crippen molar-refractivity contribution in [3.8, 4) is 5.75 Å². The third-order valence-corrected chi connectivity index (χ3v) is 3.61. The average molecular weight is 272 g/mol. The summed E-state index contributed by atoms with van der Waals surface area (Å²) in [6.07, 6.45) is 2.41. The van der Waals surface area contributed by atoms with Gasteiger partial charge in [0.2, 0.25) is 0 Å². The van der Waals surface area contributed by atoms with Crippen molar-refractivity contribution in [3.63, 3.8) is 0 Å². The number of phenols is 1. The first-order valence-corrected chi connectivity index (χ1v) is 7.13. The minimum Gasteiger partial charge on any atom is -0.506 e. The van der Waals surface area contributed by atoms with E-state index < -0.39 is 26.7 Å². The SMILES string of the molecule is CCCCCC(=O)OS(=O)(=O)c1ccccc1O. The monoisotopic (exact) mass is 272 g/mol. The van der Waals surface area contributed by atoms with Gasteiger partial charge in [-0.3, -0.25) is 4.79 Å². The molecule has 0 radical (unpaired) electrons. The van der Waals surface area contributed by atoms with Crippen LogP contribution in [0.25, 0.3) is 0 Å². The van der Waals surface area contributed by atoms with E-state index in [1.54, 1.807) is 0 Å². The number of hydrogen-bond acceptors (Lipinski definition) is 5. The lowest BCUT2D eigenvalue weighted by Crippen LogP contribution is -2.13. The van der Waals surface area contributed by atoms with Gasteiger partial charge in [-0.15, -0.1) is 0 Å². The summed E-state index contributed by atoms with van der Waals surface area (Å²) in [5.41, 5.74) is 0. The first-order valence-electron chi connectivity index (χ1n) is 5.72. The second-order valence-corrected chi connectivity index (χ2v) is 5.35. The van der Waals surface area contributed by atoms with Crippen molar-refractivity contribution in [3.05, 3.63) is 24.3 Å². The molecular weight excluding hydrogens is 256 g/mol. The zero-order valence-corrected chi connectivity index (χ0v) is 10.9. The number of rotatable bonds is 6. The Morgan fingerprint density at radius 3 is 2.56 bits per heavy atom. The number of aromatic hydroxyl groups is 1. The Morgan fingerprint density at radius 2 is 1.94 bits per heavy atom. The Labute approximate surface area is 107 Å². The molecule has 0 spiro atoms. The Morgan fingerprint density at radius 1 is 1.28 bits per heavy atom. The molecule has 0 saturated carbocycles. The fourth-order valence-corrected chi connectivity index (χ4v) is 2.38. The van der Waals surface area contributed by atoms with Gasteiger partial charge in [0, 0.05) is 6.42 Å². The molecule has 18 heavy (non-hydrogen) atoms. The standard InChI is InChI=1S/C12H16O5S/c1-2-3-4-9-12(14)17-18(15,16)11-8-6-5-7-10(11)13/h5-8,13H,2-4,9H2,1H3. The third-order valence-electron chi connectivity index (χ3n) is 2.32. The summed E-state index contributed by atoms with van der Waals surface area (Å²) in [6.45, 7) is 1.98. The molecule has 1 aromatic rings. The molecular formula is C12H16O5S. The lowest BCUT2D eigenvalue weighted by Gasteiger charge is -2.06. The van der Waals surface area contributed by atoms with Gasteiger partial charge in [0.15, 0.2) is 0 Å². The van der Waals surface area contributed by atoms with Crippen LogP contribution in [-0.2, 0) is 19.1 Å². The second kappa shape index (κ2) is 6.39. The zero-order chi connectivity index (χ0) is 13.6. The molecule has 0 amide bonds. The van der Waals surface area contributed by atoms with Crippen molar-refractivity contribution >= 4 is 16.1 Å². The largest absolute Gasteiger partial charge is 0.506 e. The van der Waals surface area contributed by atoms with E-state index in [0.29, 0.717) is 6.42 Å². The van der Waals surface area contributed by atoms with Crippen LogP contribution in [0, 0.1) is 0 Å². The van der Waals surface area contributed by atoms with E-state index in [-0.39, 0.29) is 6.42 Å². The Balaban J connectivity index is 2.71. The third kappa shape index (κ3) is 4.03. The molecule has 0 heterocycles. The van der Waals surface area contributed by atoms with Crippen LogP contribution in [0.2, 0.25) is 0 Å². The van der Waals surface area contributed by atoms with Crippen molar-refractivity contribution in [1.29, 1.82) is 0 Å². The number of benzene rings is 1. The number of unbranched alkanes of at least 4 members (excludes halogenated alkanes) is 2. The van der Waals surface area contributed by atoms with Gasteiger partial charge in [0.1, 0.15) is 10.6 Å². The maximum atomic E-state index is 11.7. The second-order valence-electron chi connectivity index (χ2n) is 3.83. The van der Waals surface area contributed by atoms with Gasteiger partial charge in [-0.1, -0.05) is 31.9 Å². The topological polar surface area (TPSA) is 80.7 Å². The molecule has 1 N–H and O–H groups in total. The predicted molar refractivity (Wildman–Crippen MR) is 65.5 cm³/mol. The summed E-state index contributed by atoms with van der Waals surface area (Å²) in [5, 5.41) is 9.40. The van der Waals surface area contributed by atoms with E-state index >= 15 is 0 Å². The first-order chi connectivity index (χ1) is 8.47. The Hall–Kier alpha value is -1.56. The molecule has 100 valence electrons. The molecule has 0 aliphatic rings. The van der Waals surface area contributed by atoms with E-state index in [2.05, 4.69) is 4.18 Å². The lowest BCUT2D eigenvalue weighted by molar-refractivity contribution is -0.133. The van der Waals surface area contributed by atoms with Crippen LogP contribution in [0.3, 0.4) is 0 Å². The van der Waals surface area contributed by atoms with Gasteiger partial charge in [0.05, 0.1) is 0 Å². The highest BCUT2D eigenvalue weighted by Gasteiger charge is 2.22. The molecule has 1 rings (SSSR count). The van der Waals surface area contributed by atoms with Crippen LogP contribution in [-0.4, -0.2) is 19.5 Å². The Bertz CT molecular complexity index is 507. The van der Waals surface area contributed by atoms with Crippen LogP contribution in [0.5, 0.6) is 5.75 Å². The molecule has 0 atom stereocenters. The summed E-state index contributed by atoms with van der Waals surface area (Å²) in [6, 6.07) is 5.33. The molecule has 0 fully saturated rings. The smallest absolute Gasteiger partial charge is 0.345 e. The van der Waals surface area contributed by atoms with Crippen molar-refractivity contribution in [2.75, 3.05) is 0 Å². The normalized spacial score (nSPS) is 11.2. The van der Waals surface area contributed by atoms with E-state index in [0.717, 1.165) is 12.8 Å². The highest BCUT2D eigenvalue weighted by atomic mass is 32.2. The van der Waals surface area contributed by atoms with Gasteiger partial charge >= 0.3 is 16.1 Å². The summed E-state index contributed by atoms with van der Waals surface area (Å²) in [5.74, 6) is -1.23. The van der Waals surface area contributed by atoms with E-state index in [4.69, 9.17) is 0 Å². The number of carbonyl (C=O) groups excluding carboxylic acids is 1. The highest BCUT2D eigenvalue weighted by Crippen LogP contribution is 2.23. The molecule has 0 saturated heterocycles.